The number of hydrogen-bond acceptors (Lipinski definition) is 3. The molecule has 3 fully saturated rings. The third kappa shape index (κ3) is 0.789. The molecule has 0 bridgehead atoms. The second-order valence-corrected chi connectivity index (χ2v) is 3.54. The standard InChI is InChI=1S/C8H11O3/c1-8(6-4-10-6)7(11-8)5-2-3-9-5/h5-6H,2-4H2,1H3. The maximum atomic E-state index is 5.50. The molecule has 3 heteroatoms. The lowest BCUT2D eigenvalue weighted by molar-refractivity contribution is -0.0427. The van der Waals surface area contributed by atoms with Crippen LogP contribution >= 0.6 is 0 Å². The Kier molecular flexibility index (Phi) is 1.04. The smallest absolute Gasteiger partial charge is 0.161 e. The first-order chi connectivity index (χ1) is 5.31. The van der Waals surface area contributed by atoms with E-state index >= 15 is 0 Å². The molecule has 0 aromatic carbocycles. The van der Waals surface area contributed by atoms with Gasteiger partial charge in [0.1, 0.15) is 11.7 Å². The van der Waals surface area contributed by atoms with Crippen LogP contribution in [0.3, 0.4) is 0 Å². The molecule has 0 N–H and O–H groups in total. The molecule has 0 saturated carbocycles. The molecule has 3 saturated heterocycles. The molecule has 0 spiro atoms. The van der Waals surface area contributed by atoms with Crippen molar-refractivity contribution in [3.63, 3.8) is 0 Å². The van der Waals surface area contributed by atoms with Gasteiger partial charge in [0, 0.05) is 13.0 Å². The summed E-state index contributed by atoms with van der Waals surface area (Å²) >= 11 is 0. The molecule has 3 aliphatic heterocycles. The Hall–Kier alpha value is -0.120. The van der Waals surface area contributed by atoms with Gasteiger partial charge in [0.2, 0.25) is 0 Å². The van der Waals surface area contributed by atoms with Crippen LogP contribution in [0.1, 0.15) is 13.3 Å². The van der Waals surface area contributed by atoms with E-state index in [1.165, 1.54) is 0 Å². The normalized spacial score (nSPS) is 55.4. The highest BCUT2D eigenvalue weighted by Gasteiger charge is 2.67. The van der Waals surface area contributed by atoms with E-state index in [1.54, 1.807) is 0 Å². The molecule has 11 heavy (non-hydrogen) atoms. The summed E-state index contributed by atoms with van der Waals surface area (Å²) in [5, 5.41) is 0. The zero-order valence-electron chi connectivity index (χ0n) is 6.50. The van der Waals surface area contributed by atoms with Crippen molar-refractivity contribution in [2.75, 3.05) is 13.2 Å². The van der Waals surface area contributed by atoms with Crippen molar-refractivity contribution >= 4 is 0 Å². The van der Waals surface area contributed by atoms with Crippen molar-refractivity contribution in [3.8, 4) is 0 Å². The van der Waals surface area contributed by atoms with E-state index in [0.29, 0.717) is 6.10 Å². The average molecular weight is 155 g/mol. The molecule has 3 unspecified atom stereocenters. The molecular weight excluding hydrogens is 144 g/mol. The van der Waals surface area contributed by atoms with Crippen LogP contribution in [0.5, 0.6) is 0 Å². The minimum Gasteiger partial charge on any atom is -0.375 e. The molecule has 3 atom stereocenters. The predicted octanol–water partition coefficient (Wildman–Crippen LogP) is 0.495. The number of ether oxygens (including phenoxy) is 3. The Morgan fingerprint density at radius 1 is 1.45 bits per heavy atom. The van der Waals surface area contributed by atoms with Crippen molar-refractivity contribution in [1.82, 2.24) is 0 Å². The quantitative estimate of drug-likeness (QED) is 0.544. The van der Waals surface area contributed by atoms with E-state index in [2.05, 4.69) is 6.92 Å². The van der Waals surface area contributed by atoms with Crippen molar-refractivity contribution < 1.29 is 14.2 Å². The van der Waals surface area contributed by atoms with Crippen LogP contribution in [-0.4, -0.2) is 31.0 Å². The lowest BCUT2D eigenvalue weighted by Crippen LogP contribution is -2.32. The molecular formula is C8H11O3. The van der Waals surface area contributed by atoms with Gasteiger partial charge in [-0.05, 0) is 6.92 Å². The maximum absolute atomic E-state index is 5.50. The molecule has 0 aromatic rings. The second kappa shape index (κ2) is 1.79. The highest BCUT2D eigenvalue weighted by atomic mass is 16.7. The zero-order valence-corrected chi connectivity index (χ0v) is 6.50. The Balaban J connectivity index is 1.66. The molecule has 0 amide bonds. The summed E-state index contributed by atoms with van der Waals surface area (Å²) in [5.41, 5.74) is -0.0783. The highest BCUT2D eigenvalue weighted by molar-refractivity contribution is 5.26. The number of hydrogen-bond donors (Lipinski definition) is 0. The van der Waals surface area contributed by atoms with Gasteiger partial charge >= 0.3 is 0 Å². The van der Waals surface area contributed by atoms with Gasteiger partial charge in [-0.3, -0.25) is 0 Å². The van der Waals surface area contributed by atoms with Crippen molar-refractivity contribution in [2.24, 2.45) is 0 Å². The summed E-state index contributed by atoms with van der Waals surface area (Å²) in [7, 11) is 0. The fraction of sp³-hybridized carbons (Fsp3) is 0.875. The average Bonchev–Trinajstić information content (AvgIpc) is 2.60. The third-order valence-corrected chi connectivity index (χ3v) is 2.71. The first-order valence-corrected chi connectivity index (χ1v) is 4.10. The SMILES string of the molecule is CC1(C2CO2)O[C]1C1CCO1. The largest absolute Gasteiger partial charge is 0.375 e. The van der Waals surface area contributed by atoms with Crippen LogP contribution in [0.15, 0.2) is 0 Å². The van der Waals surface area contributed by atoms with Crippen molar-refractivity contribution in [2.45, 2.75) is 31.2 Å². The van der Waals surface area contributed by atoms with E-state index in [1.807, 2.05) is 0 Å². The highest BCUT2D eigenvalue weighted by Crippen LogP contribution is 2.55. The molecule has 3 heterocycles. The van der Waals surface area contributed by atoms with Crippen LogP contribution in [0, 0.1) is 6.10 Å². The van der Waals surface area contributed by atoms with Gasteiger partial charge in [-0.1, -0.05) is 0 Å². The Labute approximate surface area is 65.6 Å². The zero-order chi connectivity index (χ0) is 7.47. The predicted molar refractivity (Wildman–Crippen MR) is 36.8 cm³/mol. The number of rotatable bonds is 2. The van der Waals surface area contributed by atoms with Gasteiger partial charge in [-0.2, -0.15) is 0 Å². The molecule has 3 nitrogen and oxygen atoms in total. The Morgan fingerprint density at radius 3 is 2.64 bits per heavy atom. The van der Waals surface area contributed by atoms with Crippen LogP contribution in [-0.2, 0) is 14.2 Å². The summed E-state index contributed by atoms with van der Waals surface area (Å²) < 4.78 is 16.0. The first-order valence-electron chi connectivity index (χ1n) is 4.10. The fourth-order valence-electron chi connectivity index (χ4n) is 1.62. The molecule has 1 radical (unpaired) electrons. The lowest BCUT2D eigenvalue weighted by atomic mass is 9.97. The number of epoxide rings is 2. The summed E-state index contributed by atoms with van der Waals surface area (Å²) in [6, 6.07) is 0. The molecule has 3 aliphatic rings. The van der Waals surface area contributed by atoms with Crippen LogP contribution < -0.4 is 0 Å². The van der Waals surface area contributed by atoms with Crippen molar-refractivity contribution in [1.29, 1.82) is 0 Å². The topological polar surface area (TPSA) is 34.3 Å². The summed E-state index contributed by atoms with van der Waals surface area (Å²) in [4.78, 5) is 0. The van der Waals surface area contributed by atoms with E-state index < -0.39 is 0 Å². The van der Waals surface area contributed by atoms with Gasteiger partial charge in [0.25, 0.3) is 0 Å². The minimum absolute atomic E-state index is 0.0783. The first kappa shape index (κ1) is 6.40. The maximum Gasteiger partial charge on any atom is 0.161 e. The summed E-state index contributed by atoms with van der Waals surface area (Å²) in [6.45, 7) is 3.83. The monoisotopic (exact) mass is 155 g/mol. The van der Waals surface area contributed by atoms with Crippen molar-refractivity contribution in [3.05, 3.63) is 6.10 Å². The van der Waals surface area contributed by atoms with Crippen LogP contribution in [0.4, 0.5) is 0 Å². The van der Waals surface area contributed by atoms with Gasteiger partial charge < -0.3 is 14.2 Å². The van der Waals surface area contributed by atoms with E-state index in [9.17, 15) is 0 Å². The molecule has 0 aliphatic carbocycles. The Morgan fingerprint density at radius 2 is 2.18 bits per heavy atom. The summed E-state index contributed by atoms with van der Waals surface area (Å²) in [6.07, 6.45) is 2.84. The minimum atomic E-state index is -0.0783. The Bertz CT molecular complexity index is 186. The fourth-order valence-corrected chi connectivity index (χ4v) is 1.62. The molecule has 0 aromatic heterocycles. The van der Waals surface area contributed by atoms with E-state index in [0.717, 1.165) is 25.7 Å². The molecule has 3 rings (SSSR count). The van der Waals surface area contributed by atoms with E-state index in [-0.39, 0.29) is 11.7 Å². The van der Waals surface area contributed by atoms with Gasteiger partial charge in [0.05, 0.1) is 12.7 Å². The third-order valence-electron chi connectivity index (χ3n) is 2.71. The lowest BCUT2D eigenvalue weighted by Gasteiger charge is -2.24. The van der Waals surface area contributed by atoms with Gasteiger partial charge in [-0.25, -0.2) is 0 Å². The van der Waals surface area contributed by atoms with Gasteiger partial charge in [-0.15, -0.1) is 0 Å². The van der Waals surface area contributed by atoms with Crippen LogP contribution in [0.25, 0.3) is 0 Å². The molecule has 61 valence electrons. The second-order valence-electron chi connectivity index (χ2n) is 3.54. The summed E-state index contributed by atoms with van der Waals surface area (Å²) in [5.74, 6) is 0. The van der Waals surface area contributed by atoms with E-state index in [4.69, 9.17) is 14.2 Å². The van der Waals surface area contributed by atoms with Crippen LogP contribution in [0.2, 0.25) is 0 Å². The van der Waals surface area contributed by atoms with Gasteiger partial charge in [0.15, 0.2) is 6.10 Å².